The van der Waals surface area contributed by atoms with Crippen LogP contribution in [0.4, 0.5) is 5.69 Å². The smallest absolute Gasteiger partial charge is 0.360 e. The van der Waals surface area contributed by atoms with Gasteiger partial charge in [-0.25, -0.2) is 4.79 Å². The average molecular weight is 298 g/mol. The number of pyridine rings is 1. The number of aromatic nitrogens is 1. The van der Waals surface area contributed by atoms with Crippen molar-refractivity contribution in [2.75, 3.05) is 11.9 Å². The highest BCUT2D eigenvalue weighted by molar-refractivity contribution is 5.94. The minimum Gasteiger partial charge on any atom is -0.421 e. The number of anilines is 1. The second-order valence-electron chi connectivity index (χ2n) is 5.59. The Hall–Kier alpha value is -2.43. The molecule has 0 unspecified atom stereocenters. The summed E-state index contributed by atoms with van der Waals surface area (Å²) in [4.78, 5) is 30.0. The molecule has 1 saturated carbocycles. The maximum atomic E-state index is 12.4. The van der Waals surface area contributed by atoms with E-state index in [4.69, 9.17) is 4.42 Å². The van der Waals surface area contributed by atoms with Crippen LogP contribution in [0.1, 0.15) is 25.7 Å². The Morgan fingerprint density at radius 3 is 2.68 bits per heavy atom. The molecule has 5 heteroatoms. The lowest BCUT2D eigenvalue weighted by Gasteiger charge is -2.19. The third-order valence-electron chi connectivity index (χ3n) is 4.15. The topological polar surface area (TPSA) is 63.4 Å². The molecule has 0 N–H and O–H groups in total. The molecule has 2 aromatic rings. The Labute approximate surface area is 128 Å². The highest BCUT2D eigenvalue weighted by atomic mass is 16.4. The molecule has 1 aliphatic carbocycles. The normalized spacial score (nSPS) is 15.0. The molecule has 0 spiro atoms. The number of rotatable bonds is 3. The summed E-state index contributed by atoms with van der Waals surface area (Å²) in [5.74, 6) is 0.477. The first-order valence-corrected chi connectivity index (χ1v) is 7.49. The van der Waals surface area contributed by atoms with E-state index in [1.165, 1.54) is 4.90 Å². The van der Waals surface area contributed by atoms with Gasteiger partial charge in [-0.05, 0) is 37.1 Å². The van der Waals surface area contributed by atoms with Crippen LogP contribution in [-0.2, 0) is 4.79 Å². The lowest BCUT2D eigenvalue weighted by molar-refractivity contribution is -0.121. The second-order valence-corrected chi connectivity index (χ2v) is 5.59. The van der Waals surface area contributed by atoms with Crippen LogP contribution in [-0.4, -0.2) is 17.9 Å². The van der Waals surface area contributed by atoms with Gasteiger partial charge in [0.15, 0.2) is 0 Å². The first-order chi connectivity index (χ1) is 10.7. The average Bonchev–Trinajstić information content (AvgIpc) is 3.09. The Morgan fingerprint density at radius 2 is 2.05 bits per heavy atom. The Bertz CT molecular complexity index is 718. The zero-order chi connectivity index (χ0) is 15.5. The van der Waals surface area contributed by atoms with E-state index in [9.17, 15) is 9.59 Å². The predicted octanol–water partition coefficient (Wildman–Crippen LogP) is 2.85. The Morgan fingerprint density at radius 1 is 1.27 bits per heavy atom. The SMILES string of the molecule is CN(C(=O)C1CCCC1)c1ccc(-c2cccnc2)oc1=O. The maximum Gasteiger partial charge on any atom is 0.360 e. The fourth-order valence-electron chi connectivity index (χ4n) is 2.89. The third-order valence-corrected chi connectivity index (χ3v) is 4.15. The minimum absolute atomic E-state index is 0.000993. The van der Waals surface area contributed by atoms with Crippen molar-refractivity contribution in [1.82, 2.24) is 4.98 Å². The van der Waals surface area contributed by atoms with Crippen LogP contribution in [0.2, 0.25) is 0 Å². The van der Waals surface area contributed by atoms with Gasteiger partial charge in [0.1, 0.15) is 11.4 Å². The number of amides is 1. The van der Waals surface area contributed by atoms with Crippen LogP contribution in [0.5, 0.6) is 0 Å². The molecule has 114 valence electrons. The largest absolute Gasteiger partial charge is 0.421 e. The van der Waals surface area contributed by atoms with Crippen LogP contribution in [0, 0.1) is 5.92 Å². The Balaban J connectivity index is 1.86. The van der Waals surface area contributed by atoms with Gasteiger partial charge in [-0.3, -0.25) is 9.78 Å². The molecule has 1 fully saturated rings. The summed E-state index contributed by atoms with van der Waals surface area (Å²) < 4.78 is 5.34. The first kappa shape index (κ1) is 14.5. The van der Waals surface area contributed by atoms with E-state index in [0.29, 0.717) is 5.76 Å². The molecule has 1 amide bonds. The quantitative estimate of drug-likeness (QED) is 0.874. The molecule has 0 aromatic carbocycles. The fraction of sp³-hybridized carbons (Fsp3) is 0.353. The van der Waals surface area contributed by atoms with Crippen LogP contribution in [0.3, 0.4) is 0 Å². The summed E-state index contributed by atoms with van der Waals surface area (Å²) in [6.07, 6.45) is 7.26. The zero-order valence-corrected chi connectivity index (χ0v) is 12.5. The molecule has 2 heterocycles. The molecule has 3 rings (SSSR count). The summed E-state index contributed by atoms with van der Waals surface area (Å²) in [7, 11) is 1.64. The molecule has 0 aliphatic heterocycles. The lowest BCUT2D eigenvalue weighted by atomic mass is 10.1. The van der Waals surface area contributed by atoms with Crippen molar-refractivity contribution in [3.63, 3.8) is 0 Å². The fourth-order valence-corrected chi connectivity index (χ4v) is 2.89. The van der Waals surface area contributed by atoms with Gasteiger partial charge in [0.05, 0.1) is 0 Å². The van der Waals surface area contributed by atoms with E-state index in [0.717, 1.165) is 31.2 Å². The van der Waals surface area contributed by atoms with E-state index >= 15 is 0 Å². The van der Waals surface area contributed by atoms with Gasteiger partial charge in [-0.1, -0.05) is 12.8 Å². The maximum absolute atomic E-state index is 12.4. The van der Waals surface area contributed by atoms with Gasteiger partial charge in [-0.15, -0.1) is 0 Å². The third kappa shape index (κ3) is 2.79. The predicted molar refractivity (Wildman–Crippen MR) is 83.6 cm³/mol. The minimum atomic E-state index is -0.504. The first-order valence-electron chi connectivity index (χ1n) is 7.49. The van der Waals surface area contributed by atoms with Crippen LogP contribution in [0.15, 0.2) is 45.9 Å². The number of carbonyl (C=O) groups is 1. The number of nitrogens with zero attached hydrogens (tertiary/aromatic N) is 2. The highest BCUT2D eigenvalue weighted by Crippen LogP contribution is 2.27. The number of hydrogen-bond donors (Lipinski definition) is 0. The van der Waals surface area contributed by atoms with E-state index in [1.807, 2.05) is 6.07 Å². The van der Waals surface area contributed by atoms with E-state index in [2.05, 4.69) is 4.98 Å². The van der Waals surface area contributed by atoms with Crippen molar-refractivity contribution in [2.45, 2.75) is 25.7 Å². The molecular formula is C17H18N2O3. The van der Waals surface area contributed by atoms with Gasteiger partial charge < -0.3 is 9.32 Å². The lowest BCUT2D eigenvalue weighted by Crippen LogP contribution is -2.34. The van der Waals surface area contributed by atoms with Crippen molar-refractivity contribution in [3.05, 3.63) is 47.1 Å². The summed E-state index contributed by atoms with van der Waals surface area (Å²) in [6, 6.07) is 6.94. The molecule has 1 aliphatic rings. The molecule has 0 saturated heterocycles. The second kappa shape index (κ2) is 6.13. The van der Waals surface area contributed by atoms with Crippen LogP contribution < -0.4 is 10.5 Å². The zero-order valence-electron chi connectivity index (χ0n) is 12.5. The summed E-state index contributed by atoms with van der Waals surface area (Å²) in [5.41, 5.74) is 0.510. The highest BCUT2D eigenvalue weighted by Gasteiger charge is 2.27. The monoisotopic (exact) mass is 298 g/mol. The van der Waals surface area contributed by atoms with Crippen molar-refractivity contribution in [3.8, 4) is 11.3 Å². The molecule has 22 heavy (non-hydrogen) atoms. The van der Waals surface area contributed by atoms with Gasteiger partial charge in [0.2, 0.25) is 5.91 Å². The van der Waals surface area contributed by atoms with Crippen molar-refractivity contribution in [2.24, 2.45) is 5.92 Å². The number of carbonyl (C=O) groups excluding carboxylic acids is 1. The molecule has 0 atom stereocenters. The van der Waals surface area contributed by atoms with E-state index < -0.39 is 5.63 Å². The summed E-state index contributed by atoms with van der Waals surface area (Å²) in [6.45, 7) is 0. The van der Waals surface area contributed by atoms with Crippen molar-refractivity contribution < 1.29 is 9.21 Å². The molecule has 5 nitrogen and oxygen atoms in total. The molecule has 0 bridgehead atoms. The Kier molecular flexibility index (Phi) is 4.04. The standard InChI is InChI=1S/C17H18N2O3/c1-19(16(20)12-5-2-3-6-12)14-8-9-15(22-17(14)21)13-7-4-10-18-11-13/h4,7-12H,2-3,5-6H2,1H3. The van der Waals surface area contributed by atoms with E-state index in [-0.39, 0.29) is 17.5 Å². The van der Waals surface area contributed by atoms with Gasteiger partial charge in [0.25, 0.3) is 0 Å². The van der Waals surface area contributed by atoms with Gasteiger partial charge in [-0.2, -0.15) is 0 Å². The van der Waals surface area contributed by atoms with Crippen LogP contribution >= 0.6 is 0 Å². The van der Waals surface area contributed by atoms with Crippen molar-refractivity contribution in [1.29, 1.82) is 0 Å². The van der Waals surface area contributed by atoms with Gasteiger partial charge >= 0.3 is 5.63 Å². The molecule has 2 aromatic heterocycles. The van der Waals surface area contributed by atoms with Crippen LogP contribution in [0.25, 0.3) is 11.3 Å². The van der Waals surface area contributed by atoms with Gasteiger partial charge in [0, 0.05) is 30.9 Å². The summed E-state index contributed by atoms with van der Waals surface area (Å²) in [5, 5.41) is 0. The van der Waals surface area contributed by atoms with Crippen molar-refractivity contribution >= 4 is 11.6 Å². The molecular weight excluding hydrogens is 280 g/mol. The van der Waals surface area contributed by atoms with E-state index in [1.54, 1.807) is 37.6 Å². The molecule has 0 radical (unpaired) electrons. The number of hydrogen-bond acceptors (Lipinski definition) is 4. The summed E-state index contributed by atoms with van der Waals surface area (Å²) >= 11 is 0.